The first-order valence-electron chi connectivity index (χ1n) is 4.51. The second kappa shape index (κ2) is 4.09. The molecule has 0 fully saturated rings. The molecule has 0 saturated carbocycles. The van der Waals surface area contributed by atoms with Gasteiger partial charge in [-0.1, -0.05) is 11.6 Å². The predicted octanol–water partition coefficient (Wildman–Crippen LogP) is 3.15. The number of halogens is 2. The molecular formula is C10H11BrClNO. The van der Waals surface area contributed by atoms with Gasteiger partial charge in [-0.3, -0.25) is 0 Å². The quantitative estimate of drug-likeness (QED) is 0.851. The highest BCUT2D eigenvalue weighted by Gasteiger charge is 2.21. The Morgan fingerprint density at radius 3 is 3.07 bits per heavy atom. The van der Waals surface area contributed by atoms with Crippen LogP contribution >= 0.6 is 27.5 Å². The molecular weight excluding hydrogens is 265 g/mol. The van der Waals surface area contributed by atoms with Crippen LogP contribution in [0.1, 0.15) is 18.0 Å². The van der Waals surface area contributed by atoms with Crippen molar-refractivity contribution in [2.24, 2.45) is 0 Å². The van der Waals surface area contributed by atoms with Gasteiger partial charge in [0.25, 0.3) is 0 Å². The Bertz CT molecular complexity index is 356. The molecule has 1 aromatic rings. The van der Waals surface area contributed by atoms with E-state index in [1.165, 1.54) is 0 Å². The van der Waals surface area contributed by atoms with Crippen molar-refractivity contribution in [1.29, 1.82) is 0 Å². The number of fused-ring (bicyclic) bond motifs is 1. The second-order valence-electron chi connectivity index (χ2n) is 3.28. The molecule has 1 unspecified atom stereocenters. The van der Waals surface area contributed by atoms with E-state index in [-0.39, 0.29) is 0 Å². The Balaban J connectivity index is 2.47. The van der Waals surface area contributed by atoms with E-state index >= 15 is 0 Å². The largest absolute Gasteiger partial charge is 0.493 e. The normalized spacial score (nSPS) is 20.1. The van der Waals surface area contributed by atoms with Crippen LogP contribution in [0.25, 0.3) is 0 Å². The lowest BCUT2D eigenvalue weighted by molar-refractivity contribution is 0.257. The molecule has 2 nitrogen and oxygen atoms in total. The van der Waals surface area contributed by atoms with Crippen molar-refractivity contribution in [3.05, 3.63) is 27.2 Å². The number of hydrogen-bond acceptors (Lipinski definition) is 2. The van der Waals surface area contributed by atoms with Crippen LogP contribution in [0.3, 0.4) is 0 Å². The smallest absolute Gasteiger partial charge is 0.125 e. The fourth-order valence-corrected chi connectivity index (χ4v) is 2.18. The van der Waals surface area contributed by atoms with Crippen molar-refractivity contribution in [3.63, 3.8) is 0 Å². The van der Waals surface area contributed by atoms with Gasteiger partial charge < -0.3 is 10.1 Å². The number of nitrogens with one attached hydrogen (secondary N) is 1. The second-order valence-corrected chi connectivity index (χ2v) is 4.54. The van der Waals surface area contributed by atoms with E-state index in [2.05, 4.69) is 21.2 Å². The summed E-state index contributed by atoms with van der Waals surface area (Å²) in [7, 11) is 1.95. The van der Waals surface area contributed by atoms with E-state index in [1.807, 2.05) is 19.2 Å². The van der Waals surface area contributed by atoms with Crippen LogP contribution in [0.5, 0.6) is 5.75 Å². The summed E-state index contributed by atoms with van der Waals surface area (Å²) < 4.78 is 6.45. The number of rotatable bonds is 1. The van der Waals surface area contributed by atoms with Gasteiger partial charge in [0.05, 0.1) is 11.6 Å². The molecule has 2 rings (SSSR count). The van der Waals surface area contributed by atoms with Crippen LogP contribution in [0, 0.1) is 0 Å². The molecule has 0 spiro atoms. The molecule has 0 bridgehead atoms. The Morgan fingerprint density at radius 2 is 2.36 bits per heavy atom. The van der Waals surface area contributed by atoms with Gasteiger partial charge in [-0.25, -0.2) is 0 Å². The Hall–Kier alpha value is -0.250. The highest BCUT2D eigenvalue weighted by molar-refractivity contribution is 9.10. The maximum absolute atomic E-state index is 6.04. The minimum Gasteiger partial charge on any atom is -0.493 e. The van der Waals surface area contributed by atoms with Crippen LogP contribution in [-0.2, 0) is 0 Å². The molecule has 0 aliphatic carbocycles. The number of ether oxygens (including phenoxy) is 1. The Morgan fingerprint density at radius 1 is 1.57 bits per heavy atom. The van der Waals surface area contributed by atoms with Crippen molar-refractivity contribution >= 4 is 27.5 Å². The Labute approximate surface area is 96.7 Å². The molecule has 0 radical (unpaired) electrons. The number of hydrogen-bond donors (Lipinski definition) is 1. The third kappa shape index (κ3) is 1.76. The van der Waals surface area contributed by atoms with Gasteiger partial charge in [0.1, 0.15) is 5.75 Å². The summed E-state index contributed by atoms with van der Waals surface area (Å²) in [4.78, 5) is 0. The average molecular weight is 277 g/mol. The van der Waals surface area contributed by atoms with Gasteiger partial charge in [-0.2, -0.15) is 0 Å². The van der Waals surface area contributed by atoms with Crippen LogP contribution in [0.4, 0.5) is 0 Å². The monoisotopic (exact) mass is 275 g/mol. The highest BCUT2D eigenvalue weighted by Crippen LogP contribution is 2.37. The van der Waals surface area contributed by atoms with E-state index in [1.54, 1.807) is 0 Å². The van der Waals surface area contributed by atoms with Crippen molar-refractivity contribution in [2.45, 2.75) is 12.5 Å². The summed E-state index contributed by atoms with van der Waals surface area (Å²) in [5.41, 5.74) is 1.15. The summed E-state index contributed by atoms with van der Waals surface area (Å²) >= 11 is 9.42. The molecule has 1 atom stereocenters. The molecule has 1 aliphatic heterocycles. The van der Waals surface area contributed by atoms with Gasteiger partial charge in [0.2, 0.25) is 0 Å². The summed E-state index contributed by atoms with van der Waals surface area (Å²) in [6.45, 7) is 0.757. The van der Waals surface area contributed by atoms with Crippen LogP contribution in [0.2, 0.25) is 5.02 Å². The van der Waals surface area contributed by atoms with Gasteiger partial charge in [-0.15, -0.1) is 0 Å². The summed E-state index contributed by atoms with van der Waals surface area (Å²) in [6.07, 6.45) is 0.988. The van der Waals surface area contributed by atoms with Gasteiger partial charge >= 0.3 is 0 Å². The van der Waals surface area contributed by atoms with Crippen molar-refractivity contribution < 1.29 is 4.74 Å². The minimum absolute atomic E-state index is 0.351. The standard InChI is InChI=1S/C10H11BrClNO/c1-13-9-2-3-14-10-5-7(11)8(12)4-6(9)10/h4-5,9,13H,2-3H2,1H3. The topological polar surface area (TPSA) is 21.3 Å². The van der Waals surface area contributed by atoms with E-state index in [0.29, 0.717) is 6.04 Å². The molecule has 0 saturated heterocycles. The van der Waals surface area contributed by atoms with Crippen LogP contribution < -0.4 is 10.1 Å². The molecule has 1 aromatic carbocycles. The first-order valence-corrected chi connectivity index (χ1v) is 5.68. The fourth-order valence-electron chi connectivity index (χ4n) is 1.68. The molecule has 4 heteroatoms. The van der Waals surface area contributed by atoms with Crippen molar-refractivity contribution in [1.82, 2.24) is 5.32 Å². The molecule has 0 aromatic heterocycles. The lowest BCUT2D eigenvalue weighted by Crippen LogP contribution is -2.23. The average Bonchev–Trinajstić information content (AvgIpc) is 2.19. The van der Waals surface area contributed by atoms with Crippen molar-refractivity contribution in [2.75, 3.05) is 13.7 Å². The van der Waals surface area contributed by atoms with E-state index in [4.69, 9.17) is 16.3 Å². The Kier molecular flexibility index (Phi) is 3.00. The maximum atomic E-state index is 6.04. The summed E-state index contributed by atoms with van der Waals surface area (Å²) in [5.74, 6) is 0.923. The summed E-state index contributed by atoms with van der Waals surface area (Å²) in [6, 6.07) is 4.24. The zero-order chi connectivity index (χ0) is 10.1. The predicted molar refractivity (Wildman–Crippen MR) is 61.1 cm³/mol. The van der Waals surface area contributed by atoms with Crippen LogP contribution in [0.15, 0.2) is 16.6 Å². The highest BCUT2D eigenvalue weighted by atomic mass is 79.9. The summed E-state index contributed by atoms with van der Waals surface area (Å²) in [5, 5.41) is 3.98. The molecule has 0 amide bonds. The lowest BCUT2D eigenvalue weighted by atomic mass is 10.0. The SMILES string of the molecule is CNC1CCOc2cc(Br)c(Cl)cc21. The van der Waals surface area contributed by atoms with Crippen molar-refractivity contribution in [3.8, 4) is 5.75 Å². The first-order chi connectivity index (χ1) is 6.72. The molecule has 1 heterocycles. The molecule has 14 heavy (non-hydrogen) atoms. The molecule has 1 aliphatic rings. The van der Waals surface area contributed by atoms with Gasteiger partial charge in [0.15, 0.2) is 0 Å². The van der Waals surface area contributed by atoms with Gasteiger partial charge in [-0.05, 0) is 35.1 Å². The third-order valence-electron chi connectivity index (χ3n) is 2.44. The minimum atomic E-state index is 0.351. The van der Waals surface area contributed by atoms with E-state index in [9.17, 15) is 0 Å². The first kappa shape index (κ1) is 10.3. The fraction of sp³-hybridized carbons (Fsp3) is 0.400. The number of benzene rings is 1. The lowest BCUT2D eigenvalue weighted by Gasteiger charge is -2.26. The zero-order valence-electron chi connectivity index (χ0n) is 7.81. The molecule has 76 valence electrons. The van der Waals surface area contributed by atoms with Gasteiger partial charge in [0, 0.05) is 22.5 Å². The third-order valence-corrected chi connectivity index (χ3v) is 3.64. The van der Waals surface area contributed by atoms with Crippen LogP contribution in [-0.4, -0.2) is 13.7 Å². The van der Waals surface area contributed by atoms with E-state index in [0.717, 1.165) is 33.8 Å². The van der Waals surface area contributed by atoms with E-state index < -0.39 is 0 Å². The maximum Gasteiger partial charge on any atom is 0.125 e. The zero-order valence-corrected chi connectivity index (χ0v) is 10.2. The molecule has 1 N–H and O–H groups in total.